The molecule has 0 aromatic rings. The van der Waals surface area contributed by atoms with Crippen LogP contribution in [0.25, 0.3) is 0 Å². The van der Waals surface area contributed by atoms with E-state index in [1.807, 2.05) is 0 Å². The van der Waals surface area contributed by atoms with Crippen LogP contribution in [-0.2, 0) is 10.1 Å². The van der Waals surface area contributed by atoms with Crippen molar-refractivity contribution in [1.29, 1.82) is 0 Å². The van der Waals surface area contributed by atoms with E-state index in [1.165, 1.54) is 0 Å². The second kappa shape index (κ2) is 6.71. The molecule has 8 heteroatoms. The summed E-state index contributed by atoms with van der Waals surface area (Å²) >= 11 is 0. The predicted octanol–water partition coefficient (Wildman–Crippen LogP) is 1.23. The van der Waals surface area contributed by atoms with Gasteiger partial charge in [-0.1, -0.05) is 0 Å². The van der Waals surface area contributed by atoms with Crippen LogP contribution < -0.4 is 0 Å². The third-order valence-electron chi connectivity index (χ3n) is 0.292. The normalized spacial score (nSPS) is 10.7. The van der Waals surface area contributed by atoms with E-state index in [0.717, 1.165) is 0 Å². The summed E-state index contributed by atoms with van der Waals surface area (Å²) in [7, 11) is -5.84. The Hall–Kier alpha value is 1.22. The van der Waals surface area contributed by atoms with Gasteiger partial charge in [0.15, 0.2) is 0 Å². The molecule has 0 aliphatic carbocycles. The standard InChI is InChI=1S/C2H5.CHF3O3S.Yb/c1-2;2-1(3,4)8(5,6)7;/h1H2,2H3;(H,5,6,7);/q-1;;. The molecule has 0 radical (unpaired) electrons. The zero-order chi connectivity index (χ0) is 9.00. The fraction of sp³-hybridized carbons (Fsp3) is 0.667. The van der Waals surface area contributed by atoms with Gasteiger partial charge in [-0.3, -0.25) is 4.55 Å². The van der Waals surface area contributed by atoms with Gasteiger partial charge in [-0.15, -0.1) is 0 Å². The van der Waals surface area contributed by atoms with Crippen LogP contribution in [0, 0.1) is 53.8 Å². The van der Waals surface area contributed by atoms with E-state index < -0.39 is 15.6 Å². The Balaban J connectivity index is -0.000000196. The molecule has 0 aromatic carbocycles. The Morgan fingerprint density at radius 3 is 1.36 bits per heavy atom. The number of hydrogen-bond acceptors (Lipinski definition) is 2. The first-order valence-corrected chi connectivity index (χ1v) is 3.43. The quantitative estimate of drug-likeness (QED) is 0.405. The van der Waals surface area contributed by atoms with Crippen molar-refractivity contribution in [3.05, 3.63) is 6.92 Å². The summed E-state index contributed by atoms with van der Waals surface area (Å²) < 4.78 is 57.5. The molecular formula is C3H6F3O3SYb-. The van der Waals surface area contributed by atoms with Crippen LogP contribution in [0.3, 0.4) is 0 Å². The van der Waals surface area contributed by atoms with Gasteiger partial charge < -0.3 is 6.92 Å². The van der Waals surface area contributed by atoms with Crippen LogP contribution in [0.15, 0.2) is 0 Å². The fourth-order valence-corrected chi connectivity index (χ4v) is 0. The maximum atomic E-state index is 10.7. The SMILES string of the molecule is O=S(=O)(O)C(F)(F)F.[CH2-]C.[Yb]. The summed E-state index contributed by atoms with van der Waals surface area (Å²) in [6.07, 6.45) is 0. The van der Waals surface area contributed by atoms with Crippen molar-refractivity contribution in [3.8, 4) is 0 Å². The van der Waals surface area contributed by atoms with E-state index in [1.54, 1.807) is 6.92 Å². The molecule has 0 fully saturated rings. The van der Waals surface area contributed by atoms with E-state index in [0.29, 0.717) is 0 Å². The minimum Gasteiger partial charge on any atom is -0.346 e. The van der Waals surface area contributed by atoms with Gasteiger partial charge in [0.1, 0.15) is 0 Å². The van der Waals surface area contributed by atoms with Crippen molar-refractivity contribution in [3.63, 3.8) is 0 Å². The van der Waals surface area contributed by atoms with Crippen molar-refractivity contribution in [2.75, 3.05) is 0 Å². The van der Waals surface area contributed by atoms with Gasteiger partial charge in [0.05, 0.1) is 0 Å². The van der Waals surface area contributed by atoms with E-state index in [-0.39, 0.29) is 46.9 Å². The van der Waals surface area contributed by atoms with Gasteiger partial charge >= 0.3 is 15.6 Å². The van der Waals surface area contributed by atoms with E-state index in [4.69, 9.17) is 13.0 Å². The minimum absolute atomic E-state index is 0. The zero-order valence-electron chi connectivity index (χ0n) is 5.28. The van der Waals surface area contributed by atoms with E-state index >= 15 is 0 Å². The molecular weight excluding hydrogens is 346 g/mol. The van der Waals surface area contributed by atoms with Crippen molar-refractivity contribution >= 4 is 10.1 Å². The minimum atomic E-state index is -5.84. The molecule has 3 nitrogen and oxygen atoms in total. The van der Waals surface area contributed by atoms with Crippen molar-refractivity contribution in [2.24, 2.45) is 0 Å². The molecule has 11 heavy (non-hydrogen) atoms. The summed E-state index contributed by atoms with van der Waals surface area (Å²) in [6, 6.07) is 0. The molecule has 0 unspecified atom stereocenters. The van der Waals surface area contributed by atoms with Gasteiger partial charge in [-0.25, -0.2) is 0 Å². The molecule has 0 heterocycles. The Morgan fingerprint density at radius 2 is 1.36 bits per heavy atom. The Bertz CT molecular complexity index is 173. The van der Waals surface area contributed by atoms with E-state index in [9.17, 15) is 13.2 Å². The van der Waals surface area contributed by atoms with Crippen LogP contribution in [0.1, 0.15) is 6.92 Å². The first kappa shape index (κ1) is 18.1. The van der Waals surface area contributed by atoms with Gasteiger partial charge in [0.25, 0.3) is 0 Å². The average molecular weight is 352 g/mol. The molecule has 0 aliphatic heterocycles. The predicted molar refractivity (Wildman–Crippen MR) is 28.6 cm³/mol. The Kier molecular flexibility index (Phi) is 11.0. The first-order chi connectivity index (χ1) is 4.25. The third-order valence-corrected chi connectivity index (χ3v) is 0.877. The number of alkyl halides is 3. The molecule has 0 spiro atoms. The number of hydrogen-bond donors (Lipinski definition) is 1. The molecule has 0 saturated carbocycles. The smallest absolute Gasteiger partial charge is 0.346 e. The molecule has 0 aliphatic rings. The summed E-state index contributed by atoms with van der Waals surface area (Å²) in [5.74, 6) is 0. The zero-order valence-corrected chi connectivity index (χ0v) is 7.81. The second-order valence-corrected chi connectivity index (χ2v) is 2.33. The molecule has 0 bridgehead atoms. The van der Waals surface area contributed by atoms with Crippen LogP contribution >= 0.6 is 0 Å². The Morgan fingerprint density at radius 1 is 1.27 bits per heavy atom. The molecule has 0 amide bonds. The molecule has 0 atom stereocenters. The maximum Gasteiger partial charge on any atom is 0.522 e. The van der Waals surface area contributed by atoms with Gasteiger partial charge in [-0.05, 0) is 0 Å². The maximum absolute atomic E-state index is 10.7. The third kappa shape index (κ3) is 9.13. The molecule has 0 saturated heterocycles. The molecule has 78 valence electrons. The Labute approximate surface area is 101 Å². The number of rotatable bonds is 0. The van der Waals surface area contributed by atoms with E-state index in [2.05, 4.69) is 6.92 Å². The largest absolute Gasteiger partial charge is 0.522 e. The monoisotopic (exact) mass is 353 g/mol. The second-order valence-electron chi connectivity index (χ2n) is 0.921. The topological polar surface area (TPSA) is 54.4 Å². The molecule has 1 N–H and O–H groups in total. The van der Waals surface area contributed by atoms with Gasteiger partial charge in [0.2, 0.25) is 0 Å². The summed E-state index contributed by atoms with van der Waals surface area (Å²) in [6.45, 7) is 5.00. The van der Waals surface area contributed by atoms with Crippen molar-refractivity contribution < 1.29 is 73.1 Å². The van der Waals surface area contributed by atoms with Crippen LogP contribution in [-0.4, -0.2) is 18.5 Å². The van der Waals surface area contributed by atoms with Crippen molar-refractivity contribution in [2.45, 2.75) is 12.4 Å². The number of halogens is 3. The summed E-state index contributed by atoms with van der Waals surface area (Å²) in [4.78, 5) is 0. The van der Waals surface area contributed by atoms with Gasteiger partial charge in [-0.2, -0.15) is 28.5 Å². The van der Waals surface area contributed by atoms with Crippen LogP contribution in [0.4, 0.5) is 13.2 Å². The van der Waals surface area contributed by atoms with Gasteiger partial charge in [0, 0.05) is 46.9 Å². The summed E-state index contributed by atoms with van der Waals surface area (Å²) in [5.41, 5.74) is -5.53. The summed E-state index contributed by atoms with van der Waals surface area (Å²) in [5, 5.41) is 0. The van der Waals surface area contributed by atoms with Crippen LogP contribution in [0.5, 0.6) is 0 Å². The first-order valence-electron chi connectivity index (χ1n) is 1.99. The molecule has 0 aromatic heterocycles. The van der Waals surface area contributed by atoms with Crippen molar-refractivity contribution in [1.82, 2.24) is 0 Å². The fourth-order valence-electron chi connectivity index (χ4n) is 0. The average Bonchev–Trinajstić information content (AvgIpc) is 1.66. The van der Waals surface area contributed by atoms with Crippen LogP contribution in [0.2, 0.25) is 0 Å². The molecule has 0 rings (SSSR count).